The van der Waals surface area contributed by atoms with Crippen molar-refractivity contribution in [1.82, 2.24) is 0 Å². The second kappa shape index (κ2) is 5.07. The van der Waals surface area contributed by atoms with Crippen molar-refractivity contribution < 1.29 is 8.78 Å². The van der Waals surface area contributed by atoms with Crippen molar-refractivity contribution in [3.8, 4) is 0 Å². The van der Waals surface area contributed by atoms with Crippen molar-refractivity contribution in [2.75, 3.05) is 5.32 Å². The molecule has 0 amide bonds. The zero-order chi connectivity index (χ0) is 10.7. The van der Waals surface area contributed by atoms with Crippen LogP contribution in [0.4, 0.5) is 14.5 Å². The topological polar surface area (TPSA) is 12.0 Å². The third-order valence-electron chi connectivity index (χ3n) is 1.71. The minimum atomic E-state index is -2.38. The molecule has 0 heterocycles. The zero-order valence-corrected chi connectivity index (χ0v) is 10.6. The predicted molar refractivity (Wildman–Crippen MR) is 60.9 cm³/mol. The van der Waals surface area contributed by atoms with Gasteiger partial charge in [-0.15, -0.1) is 0 Å². The van der Waals surface area contributed by atoms with Crippen LogP contribution >= 0.6 is 31.9 Å². The Morgan fingerprint density at radius 2 is 1.71 bits per heavy atom. The normalized spacial score (nSPS) is 13.0. The van der Waals surface area contributed by atoms with Crippen LogP contribution in [-0.4, -0.2) is 12.5 Å². The largest absolute Gasteiger partial charge is 0.375 e. The highest BCUT2D eigenvalue weighted by Crippen LogP contribution is 2.31. The van der Waals surface area contributed by atoms with Gasteiger partial charge in [-0.2, -0.15) is 0 Å². The van der Waals surface area contributed by atoms with Gasteiger partial charge in [0, 0.05) is 8.95 Å². The van der Waals surface area contributed by atoms with E-state index in [4.69, 9.17) is 0 Å². The number of halogens is 4. The molecule has 1 aromatic rings. The van der Waals surface area contributed by atoms with Crippen molar-refractivity contribution in [3.63, 3.8) is 0 Å². The van der Waals surface area contributed by atoms with E-state index in [-0.39, 0.29) is 0 Å². The van der Waals surface area contributed by atoms with Gasteiger partial charge < -0.3 is 5.32 Å². The molecule has 0 aliphatic rings. The van der Waals surface area contributed by atoms with Crippen molar-refractivity contribution >= 4 is 37.5 Å². The summed E-state index contributed by atoms with van der Waals surface area (Å²) in [6.07, 6.45) is -2.38. The third kappa shape index (κ3) is 2.92. The van der Waals surface area contributed by atoms with Crippen LogP contribution in [0.1, 0.15) is 6.92 Å². The average molecular weight is 329 g/mol. The lowest BCUT2D eigenvalue weighted by molar-refractivity contribution is 0.130. The number of alkyl halides is 2. The van der Waals surface area contributed by atoms with Gasteiger partial charge in [-0.05, 0) is 50.9 Å². The van der Waals surface area contributed by atoms with Crippen LogP contribution in [-0.2, 0) is 0 Å². The summed E-state index contributed by atoms with van der Waals surface area (Å²) in [6.45, 7) is 1.44. The Hall–Kier alpha value is -0.160. The number of para-hydroxylation sites is 1. The fraction of sp³-hybridized carbons (Fsp3) is 0.333. The second-order valence-corrected chi connectivity index (χ2v) is 4.57. The van der Waals surface area contributed by atoms with Crippen molar-refractivity contribution in [2.24, 2.45) is 0 Å². The van der Waals surface area contributed by atoms with Crippen LogP contribution in [0.3, 0.4) is 0 Å². The van der Waals surface area contributed by atoms with E-state index in [1.54, 1.807) is 12.1 Å². The summed E-state index contributed by atoms with van der Waals surface area (Å²) in [4.78, 5) is 0. The monoisotopic (exact) mass is 327 g/mol. The van der Waals surface area contributed by atoms with Crippen molar-refractivity contribution in [3.05, 3.63) is 27.1 Å². The molecule has 1 nitrogen and oxygen atoms in total. The van der Waals surface area contributed by atoms with E-state index in [2.05, 4.69) is 37.2 Å². The van der Waals surface area contributed by atoms with E-state index in [9.17, 15) is 8.78 Å². The van der Waals surface area contributed by atoms with Crippen LogP contribution in [0.2, 0.25) is 0 Å². The molecule has 0 saturated heterocycles. The molecule has 0 aliphatic heterocycles. The Balaban J connectivity index is 2.85. The lowest BCUT2D eigenvalue weighted by Gasteiger charge is -2.16. The SMILES string of the molecule is CC(Nc1c(Br)cccc1Br)C(F)F. The molecule has 1 atom stereocenters. The molecule has 5 heteroatoms. The second-order valence-electron chi connectivity index (χ2n) is 2.86. The molecule has 0 bridgehead atoms. The molecule has 0 saturated carbocycles. The van der Waals surface area contributed by atoms with Gasteiger partial charge in [0.1, 0.15) is 0 Å². The van der Waals surface area contributed by atoms with E-state index >= 15 is 0 Å². The third-order valence-corrected chi connectivity index (χ3v) is 3.03. The molecule has 0 fully saturated rings. The molecule has 78 valence electrons. The maximum atomic E-state index is 12.3. The molecule has 1 rings (SSSR count). The summed E-state index contributed by atoms with van der Waals surface area (Å²) in [5.74, 6) is 0. The number of anilines is 1. The fourth-order valence-electron chi connectivity index (χ4n) is 0.926. The highest BCUT2D eigenvalue weighted by molar-refractivity contribution is 9.11. The van der Waals surface area contributed by atoms with Crippen LogP contribution in [0.25, 0.3) is 0 Å². The number of nitrogens with one attached hydrogen (secondary N) is 1. The smallest absolute Gasteiger partial charge is 0.258 e. The van der Waals surface area contributed by atoms with Crippen LogP contribution in [0, 0.1) is 0 Å². The van der Waals surface area contributed by atoms with Gasteiger partial charge in [-0.3, -0.25) is 0 Å². The van der Waals surface area contributed by atoms with Gasteiger partial charge in [0.25, 0.3) is 6.43 Å². The molecule has 0 spiro atoms. The Kier molecular flexibility index (Phi) is 4.31. The Morgan fingerprint density at radius 3 is 2.14 bits per heavy atom. The first kappa shape index (κ1) is 11.9. The highest BCUT2D eigenvalue weighted by Gasteiger charge is 2.16. The summed E-state index contributed by atoms with van der Waals surface area (Å²) in [5.41, 5.74) is 0.653. The first-order valence-corrected chi connectivity index (χ1v) is 5.59. The highest BCUT2D eigenvalue weighted by atomic mass is 79.9. The quantitative estimate of drug-likeness (QED) is 0.873. The lowest BCUT2D eigenvalue weighted by Crippen LogP contribution is -2.24. The molecule has 1 aromatic carbocycles. The first-order valence-electron chi connectivity index (χ1n) is 4.01. The number of hydrogen-bond acceptors (Lipinski definition) is 1. The van der Waals surface area contributed by atoms with E-state index in [0.717, 1.165) is 8.95 Å². The first-order chi connectivity index (χ1) is 6.52. The number of rotatable bonds is 3. The molecule has 1 unspecified atom stereocenters. The Labute approximate surface area is 98.1 Å². The van der Waals surface area contributed by atoms with E-state index < -0.39 is 12.5 Å². The van der Waals surface area contributed by atoms with Gasteiger partial charge in [-0.1, -0.05) is 6.07 Å². The van der Waals surface area contributed by atoms with Gasteiger partial charge in [-0.25, -0.2) is 8.78 Å². The summed E-state index contributed by atoms with van der Waals surface area (Å²) >= 11 is 6.57. The van der Waals surface area contributed by atoms with Crippen LogP contribution in [0.15, 0.2) is 27.1 Å². The van der Waals surface area contributed by atoms with Crippen molar-refractivity contribution in [1.29, 1.82) is 0 Å². The Bertz CT molecular complexity index is 297. The lowest BCUT2D eigenvalue weighted by atomic mass is 10.3. The van der Waals surface area contributed by atoms with E-state index in [0.29, 0.717) is 5.69 Å². The molecule has 0 aromatic heterocycles. The maximum Gasteiger partial charge on any atom is 0.258 e. The molecular formula is C9H9Br2F2N. The molecular weight excluding hydrogens is 320 g/mol. The predicted octanol–water partition coefficient (Wildman–Crippen LogP) is 4.28. The fourth-order valence-corrected chi connectivity index (χ4v) is 2.15. The van der Waals surface area contributed by atoms with Gasteiger partial charge in [0.15, 0.2) is 0 Å². The van der Waals surface area contributed by atoms with Gasteiger partial charge >= 0.3 is 0 Å². The minimum Gasteiger partial charge on any atom is -0.375 e. The molecule has 0 aliphatic carbocycles. The summed E-state index contributed by atoms with van der Waals surface area (Å²) in [5, 5.41) is 2.73. The van der Waals surface area contributed by atoms with Gasteiger partial charge in [0.05, 0.1) is 11.7 Å². The van der Waals surface area contributed by atoms with Crippen molar-refractivity contribution in [2.45, 2.75) is 19.4 Å². The number of hydrogen-bond donors (Lipinski definition) is 1. The molecule has 1 N–H and O–H groups in total. The Morgan fingerprint density at radius 1 is 1.21 bits per heavy atom. The summed E-state index contributed by atoms with van der Waals surface area (Å²) < 4.78 is 26.1. The number of benzene rings is 1. The maximum absolute atomic E-state index is 12.3. The summed E-state index contributed by atoms with van der Waals surface area (Å²) in [7, 11) is 0. The minimum absolute atomic E-state index is 0.653. The van der Waals surface area contributed by atoms with E-state index in [1.165, 1.54) is 6.92 Å². The standard InChI is InChI=1S/C9H9Br2F2N/c1-5(9(12)13)14-8-6(10)3-2-4-7(8)11/h2-5,9,14H,1H3. The average Bonchev–Trinajstić information content (AvgIpc) is 2.11. The van der Waals surface area contributed by atoms with E-state index in [1.807, 2.05) is 6.07 Å². The molecule has 14 heavy (non-hydrogen) atoms. The molecule has 0 radical (unpaired) electrons. The van der Waals surface area contributed by atoms with Crippen LogP contribution < -0.4 is 5.32 Å². The summed E-state index contributed by atoms with van der Waals surface area (Å²) in [6, 6.07) is 4.55. The van der Waals surface area contributed by atoms with Gasteiger partial charge in [0.2, 0.25) is 0 Å². The van der Waals surface area contributed by atoms with Crippen LogP contribution in [0.5, 0.6) is 0 Å². The zero-order valence-electron chi connectivity index (χ0n) is 7.40.